The van der Waals surface area contributed by atoms with Crippen molar-refractivity contribution in [3.8, 4) is 5.75 Å². The van der Waals surface area contributed by atoms with E-state index in [1.54, 1.807) is 24.1 Å². The predicted molar refractivity (Wildman–Crippen MR) is 145 cm³/mol. The number of nitrogens with zero attached hydrogens (tertiary/aromatic N) is 1. The first kappa shape index (κ1) is 27.3. The van der Waals surface area contributed by atoms with Gasteiger partial charge >= 0.3 is 0 Å². The monoisotopic (exact) mass is 506 g/mol. The van der Waals surface area contributed by atoms with Gasteiger partial charge in [0, 0.05) is 24.5 Å². The van der Waals surface area contributed by atoms with Crippen LogP contribution >= 0.6 is 11.6 Å². The number of unbranched alkanes of at least 4 members (excludes halogenated alkanes) is 2. The second-order valence-electron chi connectivity index (χ2n) is 8.88. The Labute approximate surface area is 219 Å². The molecule has 0 spiro atoms. The Hall–Kier alpha value is -3.31. The lowest BCUT2D eigenvalue weighted by atomic mass is 10.0. The van der Waals surface area contributed by atoms with Crippen LogP contribution in [0.25, 0.3) is 0 Å². The molecular weight excluding hydrogens is 472 g/mol. The summed E-state index contributed by atoms with van der Waals surface area (Å²) in [6.07, 6.45) is 3.66. The van der Waals surface area contributed by atoms with E-state index in [0.29, 0.717) is 24.5 Å². The average Bonchev–Trinajstić information content (AvgIpc) is 2.90. The molecule has 3 aromatic rings. The van der Waals surface area contributed by atoms with Crippen LogP contribution in [0.3, 0.4) is 0 Å². The van der Waals surface area contributed by atoms with Crippen LogP contribution in [0.5, 0.6) is 5.75 Å². The maximum atomic E-state index is 13.7. The van der Waals surface area contributed by atoms with Crippen molar-refractivity contribution in [3.63, 3.8) is 0 Å². The number of amides is 2. The van der Waals surface area contributed by atoms with E-state index in [2.05, 4.69) is 12.2 Å². The van der Waals surface area contributed by atoms with Crippen molar-refractivity contribution in [1.29, 1.82) is 0 Å². The van der Waals surface area contributed by atoms with Crippen molar-refractivity contribution < 1.29 is 14.3 Å². The van der Waals surface area contributed by atoms with Gasteiger partial charge < -0.3 is 15.0 Å². The predicted octanol–water partition coefficient (Wildman–Crippen LogP) is 5.84. The minimum Gasteiger partial charge on any atom is -0.497 e. The quantitative estimate of drug-likeness (QED) is 0.296. The summed E-state index contributed by atoms with van der Waals surface area (Å²) in [6, 6.07) is 24.1. The maximum absolute atomic E-state index is 13.7. The van der Waals surface area contributed by atoms with Crippen molar-refractivity contribution in [2.24, 2.45) is 0 Å². The van der Waals surface area contributed by atoms with Crippen LogP contribution in [0, 0.1) is 0 Å². The number of nitrogens with one attached hydrogen (secondary N) is 1. The van der Waals surface area contributed by atoms with E-state index in [9.17, 15) is 9.59 Å². The van der Waals surface area contributed by atoms with E-state index in [1.807, 2.05) is 66.7 Å². The van der Waals surface area contributed by atoms with Gasteiger partial charge in [-0.3, -0.25) is 9.59 Å². The number of halogens is 1. The van der Waals surface area contributed by atoms with Gasteiger partial charge in [-0.2, -0.15) is 0 Å². The van der Waals surface area contributed by atoms with Gasteiger partial charge in [-0.15, -0.1) is 0 Å². The fraction of sp³-hybridized carbons (Fsp3) is 0.333. The van der Waals surface area contributed by atoms with Crippen molar-refractivity contribution in [3.05, 3.63) is 101 Å². The molecule has 0 unspecified atom stereocenters. The highest BCUT2D eigenvalue weighted by Crippen LogP contribution is 2.19. The molecule has 0 fully saturated rings. The number of hydrogen-bond donors (Lipinski definition) is 1. The fourth-order valence-corrected chi connectivity index (χ4v) is 4.19. The van der Waals surface area contributed by atoms with E-state index in [4.69, 9.17) is 16.3 Å². The summed E-state index contributed by atoms with van der Waals surface area (Å²) in [7, 11) is 1.62. The molecule has 3 aromatic carbocycles. The lowest BCUT2D eigenvalue weighted by molar-refractivity contribution is -0.140. The number of carbonyl (C=O) groups excluding carboxylic acids is 2. The zero-order valence-electron chi connectivity index (χ0n) is 21.1. The van der Waals surface area contributed by atoms with E-state index >= 15 is 0 Å². The number of rotatable bonds is 13. The molecule has 0 aliphatic carbocycles. The Morgan fingerprint density at radius 3 is 2.19 bits per heavy atom. The molecule has 5 nitrogen and oxygen atoms in total. The van der Waals surface area contributed by atoms with Crippen LogP contribution < -0.4 is 10.1 Å². The lowest BCUT2D eigenvalue weighted by Gasteiger charge is -2.32. The molecular formula is C30H35ClN2O3. The molecule has 0 aliphatic rings. The third-order valence-electron chi connectivity index (χ3n) is 6.13. The Bertz CT molecular complexity index is 1090. The van der Waals surface area contributed by atoms with Crippen LogP contribution in [-0.4, -0.2) is 36.4 Å². The smallest absolute Gasteiger partial charge is 0.243 e. The highest BCUT2D eigenvalue weighted by Gasteiger charge is 2.30. The topological polar surface area (TPSA) is 58.6 Å². The van der Waals surface area contributed by atoms with Crippen LogP contribution in [0.2, 0.25) is 5.02 Å². The number of benzene rings is 3. The summed E-state index contributed by atoms with van der Waals surface area (Å²) in [5, 5.41) is 3.70. The van der Waals surface area contributed by atoms with Crippen molar-refractivity contribution in [2.75, 3.05) is 13.7 Å². The molecule has 0 aliphatic heterocycles. The molecule has 36 heavy (non-hydrogen) atoms. The Balaban J connectivity index is 1.90. The summed E-state index contributed by atoms with van der Waals surface area (Å²) < 4.78 is 5.28. The van der Waals surface area contributed by atoms with Crippen LogP contribution in [-0.2, 0) is 29.0 Å². The van der Waals surface area contributed by atoms with Gasteiger partial charge in [-0.25, -0.2) is 0 Å². The van der Waals surface area contributed by atoms with E-state index in [0.717, 1.165) is 41.7 Å². The third kappa shape index (κ3) is 8.42. The number of methoxy groups -OCH3 is 1. The first-order chi connectivity index (χ1) is 17.5. The Morgan fingerprint density at radius 1 is 0.889 bits per heavy atom. The SMILES string of the molecule is CCCCCNC(=O)[C@H](Cc1ccccc1)N(Cc1ccc(OC)cc1)C(=O)Cc1ccc(Cl)cc1. The Morgan fingerprint density at radius 2 is 1.56 bits per heavy atom. The molecule has 0 aromatic heterocycles. The van der Waals surface area contributed by atoms with Crippen molar-refractivity contribution >= 4 is 23.4 Å². The normalized spacial score (nSPS) is 11.5. The summed E-state index contributed by atoms with van der Waals surface area (Å²) in [5.41, 5.74) is 2.79. The number of ether oxygens (including phenoxy) is 1. The minimum absolute atomic E-state index is 0.113. The first-order valence-electron chi connectivity index (χ1n) is 12.5. The zero-order valence-corrected chi connectivity index (χ0v) is 21.8. The molecule has 1 N–H and O–H groups in total. The van der Waals surface area contributed by atoms with Crippen LogP contribution in [0.1, 0.15) is 42.9 Å². The second-order valence-corrected chi connectivity index (χ2v) is 9.31. The average molecular weight is 507 g/mol. The van der Waals surface area contributed by atoms with E-state index < -0.39 is 6.04 Å². The van der Waals surface area contributed by atoms with E-state index in [1.165, 1.54) is 0 Å². The van der Waals surface area contributed by atoms with Gasteiger partial charge in [0.25, 0.3) is 0 Å². The summed E-state index contributed by atoms with van der Waals surface area (Å²) >= 11 is 6.04. The van der Waals surface area contributed by atoms with Gasteiger partial charge in [0.1, 0.15) is 11.8 Å². The summed E-state index contributed by atoms with van der Waals surface area (Å²) in [4.78, 5) is 28.9. The standard InChI is InChI=1S/C30H35ClN2O3/c1-3-4-8-19-32-30(35)28(20-23-9-6-5-7-10-23)33(22-25-13-17-27(36-2)18-14-25)29(34)21-24-11-15-26(31)16-12-24/h5-7,9-18,28H,3-4,8,19-22H2,1-2H3,(H,32,35)/t28-/m0/s1. The van der Waals surface area contributed by atoms with Crippen LogP contribution in [0.4, 0.5) is 0 Å². The molecule has 0 bridgehead atoms. The molecule has 3 rings (SSSR count). The molecule has 0 saturated carbocycles. The molecule has 0 heterocycles. The molecule has 6 heteroatoms. The fourth-order valence-electron chi connectivity index (χ4n) is 4.06. The molecule has 2 amide bonds. The van der Waals surface area contributed by atoms with E-state index in [-0.39, 0.29) is 18.2 Å². The van der Waals surface area contributed by atoms with Gasteiger partial charge in [0.2, 0.25) is 11.8 Å². The molecule has 0 saturated heterocycles. The largest absolute Gasteiger partial charge is 0.497 e. The van der Waals surface area contributed by atoms with Crippen molar-refractivity contribution in [2.45, 2.75) is 51.6 Å². The highest BCUT2D eigenvalue weighted by molar-refractivity contribution is 6.30. The first-order valence-corrected chi connectivity index (χ1v) is 12.9. The van der Waals surface area contributed by atoms with Gasteiger partial charge in [-0.1, -0.05) is 86.0 Å². The summed E-state index contributed by atoms with van der Waals surface area (Å²) in [5.74, 6) is 0.498. The third-order valence-corrected chi connectivity index (χ3v) is 6.38. The van der Waals surface area contributed by atoms with Crippen molar-refractivity contribution in [1.82, 2.24) is 10.2 Å². The number of carbonyl (C=O) groups is 2. The van der Waals surface area contributed by atoms with Gasteiger partial charge in [-0.05, 0) is 47.4 Å². The van der Waals surface area contributed by atoms with Gasteiger partial charge in [0.05, 0.1) is 13.5 Å². The molecule has 190 valence electrons. The summed E-state index contributed by atoms with van der Waals surface area (Å²) in [6.45, 7) is 3.04. The zero-order chi connectivity index (χ0) is 25.8. The molecule has 0 radical (unpaired) electrons. The second kappa shape index (κ2) is 14.3. The molecule has 1 atom stereocenters. The number of hydrogen-bond acceptors (Lipinski definition) is 3. The highest BCUT2D eigenvalue weighted by atomic mass is 35.5. The lowest BCUT2D eigenvalue weighted by Crippen LogP contribution is -2.51. The van der Waals surface area contributed by atoms with Gasteiger partial charge in [0.15, 0.2) is 0 Å². The van der Waals surface area contributed by atoms with Crippen LogP contribution in [0.15, 0.2) is 78.9 Å². The minimum atomic E-state index is -0.643. The maximum Gasteiger partial charge on any atom is 0.243 e. The Kier molecular flexibility index (Phi) is 10.8.